The first-order valence-corrected chi connectivity index (χ1v) is 12.0. The summed E-state index contributed by atoms with van der Waals surface area (Å²) in [5.74, 6) is 1.02. The normalized spacial score (nSPS) is 11.7. The third kappa shape index (κ3) is 5.47. The molecule has 0 spiro atoms. The summed E-state index contributed by atoms with van der Waals surface area (Å²) in [6.45, 7) is 0.179. The second-order valence-corrected chi connectivity index (χ2v) is 8.82. The molecule has 6 nitrogen and oxygen atoms in total. The molecule has 2 N–H and O–H groups in total. The predicted octanol–water partition coefficient (Wildman–Crippen LogP) is 6.07. The van der Waals surface area contributed by atoms with Crippen LogP contribution >= 0.6 is 11.8 Å². The first-order valence-electron chi connectivity index (χ1n) is 11.0. The average Bonchev–Trinajstić information content (AvgIpc) is 3.37. The van der Waals surface area contributed by atoms with Crippen LogP contribution in [0.15, 0.2) is 102 Å². The number of fused-ring (bicyclic) bond motifs is 1. The summed E-state index contributed by atoms with van der Waals surface area (Å²) in [5.41, 5.74) is 4.04. The zero-order chi connectivity index (χ0) is 24.0. The monoisotopic (exact) mass is 482 g/mol. The molecule has 1 aliphatic rings. The third-order valence-corrected chi connectivity index (χ3v) is 6.47. The number of benzene rings is 4. The van der Waals surface area contributed by atoms with E-state index in [1.165, 1.54) is 11.8 Å². The second kappa shape index (κ2) is 10.4. The van der Waals surface area contributed by atoms with Gasteiger partial charge in [0.25, 0.3) is 5.91 Å². The van der Waals surface area contributed by atoms with Crippen LogP contribution in [0.4, 0.5) is 11.4 Å². The SMILES string of the molecule is O=C(CSc1ccccc1C(=O)Nc1ccc(-c2ccccc2)cc1)Nc1ccc2c(c1)OCO2. The first-order chi connectivity index (χ1) is 17.2. The topological polar surface area (TPSA) is 76.7 Å². The molecule has 2 amide bonds. The molecule has 0 atom stereocenters. The minimum atomic E-state index is -0.225. The Morgan fingerprint density at radius 2 is 1.40 bits per heavy atom. The molecule has 1 heterocycles. The number of hydrogen-bond acceptors (Lipinski definition) is 5. The van der Waals surface area contributed by atoms with E-state index >= 15 is 0 Å². The van der Waals surface area contributed by atoms with E-state index in [1.54, 1.807) is 24.3 Å². The quantitative estimate of drug-likeness (QED) is 0.313. The predicted molar refractivity (Wildman–Crippen MR) is 138 cm³/mol. The van der Waals surface area contributed by atoms with Crippen LogP contribution in [-0.2, 0) is 4.79 Å². The molecule has 0 unspecified atom stereocenters. The van der Waals surface area contributed by atoms with Crippen LogP contribution in [0.5, 0.6) is 11.5 Å². The minimum Gasteiger partial charge on any atom is -0.454 e. The largest absolute Gasteiger partial charge is 0.454 e. The molecule has 5 rings (SSSR count). The molecule has 0 bridgehead atoms. The van der Waals surface area contributed by atoms with Gasteiger partial charge in [0.15, 0.2) is 11.5 Å². The Bertz CT molecular complexity index is 1360. The van der Waals surface area contributed by atoms with Gasteiger partial charge in [-0.25, -0.2) is 0 Å². The molecule has 0 fully saturated rings. The zero-order valence-electron chi connectivity index (χ0n) is 18.7. The summed E-state index contributed by atoms with van der Waals surface area (Å²) < 4.78 is 10.6. The fraction of sp³-hybridized carbons (Fsp3) is 0.0714. The van der Waals surface area contributed by atoms with Gasteiger partial charge in [0.2, 0.25) is 12.7 Å². The van der Waals surface area contributed by atoms with E-state index in [1.807, 2.05) is 72.8 Å². The van der Waals surface area contributed by atoms with Crippen molar-refractivity contribution in [3.8, 4) is 22.6 Å². The molecule has 4 aromatic carbocycles. The van der Waals surface area contributed by atoms with Gasteiger partial charge in [-0.1, -0.05) is 54.6 Å². The summed E-state index contributed by atoms with van der Waals surface area (Å²) in [4.78, 5) is 26.2. The number of thioether (sulfide) groups is 1. The van der Waals surface area contributed by atoms with Crippen LogP contribution in [0.25, 0.3) is 11.1 Å². The molecular formula is C28H22N2O4S. The lowest BCUT2D eigenvalue weighted by Crippen LogP contribution is -2.15. The Labute approximate surface area is 207 Å². The van der Waals surface area contributed by atoms with Gasteiger partial charge in [0, 0.05) is 22.3 Å². The molecule has 0 aliphatic carbocycles. The second-order valence-electron chi connectivity index (χ2n) is 7.80. The molecule has 7 heteroatoms. The van der Waals surface area contributed by atoms with Crippen LogP contribution in [-0.4, -0.2) is 24.4 Å². The molecule has 0 saturated carbocycles. The summed E-state index contributed by atoms with van der Waals surface area (Å²) in [5, 5.41) is 5.80. The maximum atomic E-state index is 13.0. The summed E-state index contributed by atoms with van der Waals surface area (Å²) in [6, 6.07) is 30.3. The number of rotatable bonds is 7. The number of carbonyl (C=O) groups is 2. The molecule has 0 aromatic heterocycles. The van der Waals surface area contributed by atoms with Gasteiger partial charge in [-0.05, 0) is 47.5 Å². The lowest BCUT2D eigenvalue weighted by atomic mass is 10.1. The van der Waals surface area contributed by atoms with Crippen molar-refractivity contribution in [3.05, 3.63) is 103 Å². The lowest BCUT2D eigenvalue weighted by Gasteiger charge is -2.11. The van der Waals surface area contributed by atoms with Gasteiger partial charge in [0.05, 0.1) is 11.3 Å². The maximum absolute atomic E-state index is 13.0. The van der Waals surface area contributed by atoms with E-state index in [9.17, 15) is 9.59 Å². The van der Waals surface area contributed by atoms with E-state index in [2.05, 4.69) is 10.6 Å². The highest BCUT2D eigenvalue weighted by atomic mass is 32.2. The van der Waals surface area contributed by atoms with E-state index in [0.29, 0.717) is 28.4 Å². The van der Waals surface area contributed by atoms with Gasteiger partial charge in [-0.15, -0.1) is 11.8 Å². The molecule has 1 aliphatic heterocycles. The molecular weight excluding hydrogens is 460 g/mol. The third-order valence-electron chi connectivity index (χ3n) is 5.40. The number of anilines is 2. The van der Waals surface area contributed by atoms with E-state index in [4.69, 9.17) is 9.47 Å². The summed E-state index contributed by atoms with van der Waals surface area (Å²) in [7, 11) is 0. The number of hydrogen-bond donors (Lipinski definition) is 2. The van der Waals surface area contributed by atoms with Crippen LogP contribution in [0.1, 0.15) is 10.4 Å². The van der Waals surface area contributed by atoms with Crippen LogP contribution < -0.4 is 20.1 Å². The highest BCUT2D eigenvalue weighted by Crippen LogP contribution is 2.34. The maximum Gasteiger partial charge on any atom is 0.256 e. The highest BCUT2D eigenvalue weighted by molar-refractivity contribution is 8.00. The zero-order valence-corrected chi connectivity index (χ0v) is 19.5. The van der Waals surface area contributed by atoms with Crippen LogP contribution in [0.3, 0.4) is 0 Å². The highest BCUT2D eigenvalue weighted by Gasteiger charge is 2.16. The van der Waals surface area contributed by atoms with Gasteiger partial charge >= 0.3 is 0 Å². The van der Waals surface area contributed by atoms with Crippen LogP contribution in [0.2, 0.25) is 0 Å². The Morgan fingerprint density at radius 3 is 2.23 bits per heavy atom. The van der Waals surface area contributed by atoms with Crippen molar-refractivity contribution in [1.29, 1.82) is 0 Å². The van der Waals surface area contributed by atoms with Crippen molar-refractivity contribution < 1.29 is 19.1 Å². The fourth-order valence-electron chi connectivity index (χ4n) is 3.67. The van der Waals surface area contributed by atoms with E-state index in [-0.39, 0.29) is 24.4 Å². The van der Waals surface area contributed by atoms with Crippen molar-refractivity contribution in [3.63, 3.8) is 0 Å². The summed E-state index contributed by atoms with van der Waals surface area (Å²) in [6.07, 6.45) is 0. The Hall–Kier alpha value is -4.23. The number of amides is 2. The molecule has 174 valence electrons. The van der Waals surface area contributed by atoms with Gasteiger partial charge in [0.1, 0.15) is 0 Å². The number of carbonyl (C=O) groups excluding carboxylic acids is 2. The molecule has 0 saturated heterocycles. The van der Waals surface area contributed by atoms with Gasteiger partial charge in [-0.2, -0.15) is 0 Å². The van der Waals surface area contributed by atoms with Gasteiger partial charge < -0.3 is 20.1 Å². The van der Waals surface area contributed by atoms with E-state index < -0.39 is 0 Å². The van der Waals surface area contributed by atoms with Gasteiger partial charge in [-0.3, -0.25) is 9.59 Å². The minimum absolute atomic E-state index is 0.157. The number of ether oxygens (including phenoxy) is 2. The molecule has 35 heavy (non-hydrogen) atoms. The summed E-state index contributed by atoms with van der Waals surface area (Å²) >= 11 is 1.31. The average molecular weight is 483 g/mol. The first kappa shape index (κ1) is 22.6. The smallest absolute Gasteiger partial charge is 0.256 e. The standard InChI is InChI=1S/C28H22N2O4S/c31-27(29-22-14-15-24-25(16-22)34-18-33-24)17-35-26-9-5-4-8-23(26)28(32)30-21-12-10-20(11-13-21)19-6-2-1-3-7-19/h1-16H,17-18H2,(H,29,31)(H,30,32). The van der Waals surface area contributed by atoms with Crippen molar-refractivity contribution in [2.45, 2.75) is 4.90 Å². The van der Waals surface area contributed by atoms with Crippen molar-refractivity contribution in [2.24, 2.45) is 0 Å². The fourth-order valence-corrected chi connectivity index (χ4v) is 4.52. The van der Waals surface area contributed by atoms with Crippen LogP contribution in [0, 0.1) is 0 Å². The van der Waals surface area contributed by atoms with Crippen molar-refractivity contribution in [1.82, 2.24) is 0 Å². The van der Waals surface area contributed by atoms with Crippen molar-refractivity contribution >= 4 is 35.0 Å². The Morgan fingerprint density at radius 1 is 0.714 bits per heavy atom. The lowest BCUT2D eigenvalue weighted by molar-refractivity contribution is -0.113. The molecule has 0 radical (unpaired) electrons. The Balaban J connectivity index is 1.20. The Kier molecular flexibility index (Phi) is 6.68. The van der Waals surface area contributed by atoms with Crippen molar-refractivity contribution in [2.75, 3.05) is 23.2 Å². The molecule has 4 aromatic rings. The van der Waals surface area contributed by atoms with E-state index in [0.717, 1.165) is 16.0 Å². The number of nitrogens with one attached hydrogen (secondary N) is 2.